The molecule has 2 aromatic heterocycles. The largest absolute Gasteiger partial charge is 0.361 e. The first-order chi connectivity index (χ1) is 16.0. The molecule has 0 saturated heterocycles. The Bertz CT molecular complexity index is 1240. The summed E-state index contributed by atoms with van der Waals surface area (Å²) in [5, 5.41) is 9.26. The lowest BCUT2D eigenvalue weighted by Gasteiger charge is -2.17. The van der Waals surface area contributed by atoms with Gasteiger partial charge in [0.25, 0.3) is 0 Å². The lowest BCUT2D eigenvalue weighted by Crippen LogP contribution is -2.22. The summed E-state index contributed by atoms with van der Waals surface area (Å²) < 4.78 is 8.36. The van der Waals surface area contributed by atoms with Crippen molar-refractivity contribution in [3.05, 3.63) is 84.7 Å². The maximum absolute atomic E-state index is 9.26. The predicted octanol–water partition coefficient (Wildman–Crippen LogP) is 6.46. The zero-order valence-corrected chi connectivity index (χ0v) is 20.3. The van der Waals surface area contributed by atoms with Crippen LogP contribution in [0.25, 0.3) is 33.9 Å². The lowest BCUT2D eigenvalue weighted by molar-refractivity contribution is 0.0893. The Kier molecular flexibility index (Phi) is 6.83. The zero-order chi connectivity index (χ0) is 23.3. The number of aromatic nitrogens is 3. The van der Waals surface area contributed by atoms with Crippen molar-refractivity contribution in [1.82, 2.24) is 14.5 Å². The first kappa shape index (κ1) is 22.7. The van der Waals surface area contributed by atoms with Crippen LogP contribution in [0.5, 0.6) is 0 Å². The average Bonchev–Trinajstić information content (AvgIpc) is 3.22. The van der Waals surface area contributed by atoms with Crippen molar-refractivity contribution < 1.29 is 4.74 Å². The molecule has 2 aromatic carbocycles. The van der Waals surface area contributed by atoms with Gasteiger partial charge in [-0.15, -0.1) is 0 Å². The van der Waals surface area contributed by atoms with Crippen molar-refractivity contribution in [2.75, 3.05) is 6.61 Å². The standard InChI is InChI=1S/C27H28N4OSi/c1-33(2,3)18-17-32-20-31-26(23-11-9-21(19-28)10-12-23)25(22-13-15-29-16-14-22)30-27(31)24-7-5-4-6-8-24/h4-16H,17-18,20H2,1-3H3. The molecule has 0 radical (unpaired) electrons. The molecular weight excluding hydrogens is 424 g/mol. The van der Waals surface area contributed by atoms with Gasteiger partial charge in [-0.1, -0.05) is 62.1 Å². The molecule has 33 heavy (non-hydrogen) atoms. The molecule has 0 unspecified atom stereocenters. The highest BCUT2D eigenvalue weighted by atomic mass is 28.3. The van der Waals surface area contributed by atoms with E-state index in [1.54, 1.807) is 12.4 Å². The summed E-state index contributed by atoms with van der Waals surface area (Å²) in [5.41, 5.74) is 5.48. The Labute approximate surface area is 196 Å². The molecule has 0 atom stereocenters. The molecule has 0 N–H and O–H groups in total. The second kappa shape index (κ2) is 9.95. The smallest absolute Gasteiger partial charge is 0.143 e. The van der Waals surface area contributed by atoms with Crippen molar-refractivity contribution in [2.24, 2.45) is 0 Å². The third-order valence-corrected chi connectivity index (χ3v) is 7.16. The van der Waals surface area contributed by atoms with Gasteiger partial charge in [-0.05, 0) is 30.3 Å². The van der Waals surface area contributed by atoms with E-state index in [9.17, 15) is 5.26 Å². The highest BCUT2D eigenvalue weighted by molar-refractivity contribution is 6.76. The molecule has 0 aliphatic heterocycles. The van der Waals surface area contributed by atoms with Crippen molar-refractivity contribution in [1.29, 1.82) is 5.26 Å². The number of imidazole rings is 1. The summed E-state index contributed by atoms with van der Waals surface area (Å²) >= 11 is 0. The second-order valence-corrected chi connectivity index (χ2v) is 14.8. The van der Waals surface area contributed by atoms with Gasteiger partial charge in [-0.2, -0.15) is 5.26 Å². The van der Waals surface area contributed by atoms with Gasteiger partial charge in [0.1, 0.15) is 12.6 Å². The van der Waals surface area contributed by atoms with Crippen LogP contribution < -0.4 is 0 Å². The molecule has 4 aromatic rings. The average molecular weight is 453 g/mol. The van der Waals surface area contributed by atoms with Gasteiger partial charge >= 0.3 is 0 Å². The fourth-order valence-electron chi connectivity index (χ4n) is 3.63. The monoisotopic (exact) mass is 452 g/mol. The van der Waals surface area contributed by atoms with Gasteiger partial charge in [-0.3, -0.25) is 9.55 Å². The molecule has 166 valence electrons. The van der Waals surface area contributed by atoms with E-state index in [1.807, 2.05) is 54.6 Å². The summed E-state index contributed by atoms with van der Waals surface area (Å²) in [5.74, 6) is 0.856. The first-order valence-electron chi connectivity index (χ1n) is 11.1. The van der Waals surface area contributed by atoms with E-state index in [2.05, 4.69) is 47.4 Å². The molecule has 0 fully saturated rings. The van der Waals surface area contributed by atoms with Gasteiger partial charge < -0.3 is 4.74 Å². The SMILES string of the molecule is C[Si](C)(C)CCOCn1c(-c2ccccc2)nc(-c2ccncc2)c1-c1ccc(C#N)cc1. The minimum absolute atomic E-state index is 0.405. The summed E-state index contributed by atoms with van der Waals surface area (Å²) in [6, 6.07) is 25.1. The topological polar surface area (TPSA) is 63.7 Å². The molecule has 6 heteroatoms. The van der Waals surface area contributed by atoms with Crippen LogP contribution in [0.4, 0.5) is 0 Å². The molecule has 0 aliphatic rings. The second-order valence-electron chi connectivity index (χ2n) is 9.20. The van der Waals surface area contributed by atoms with E-state index < -0.39 is 8.07 Å². The Balaban J connectivity index is 1.86. The summed E-state index contributed by atoms with van der Waals surface area (Å²) in [7, 11) is -1.20. The van der Waals surface area contributed by atoms with Gasteiger partial charge in [0.2, 0.25) is 0 Å². The Morgan fingerprint density at radius 1 is 0.879 bits per heavy atom. The number of nitriles is 1. The number of benzene rings is 2. The van der Waals surface area contributed by atoms with E-state index in [4.69, 9.17) is 9.72 Å². The van der Waals surface area contributed by atoms with E-state index in [0.717, 1.165) is 46.6 Å². The maximum Gasteiger partial charge on any atom is 0.143 e. The minimum Gasteiger partial charge on any atom is -0.361 e. The molecule has 0 bridgehead atoms. The van der Waals surface area contributed by atoms with Gasteiger partial charge in [0, 0.05) is 43.8 Å². The molecule has 0 saturated carbocycles. The molecule has 2 heterocycles. The Morgan fingerprint density at radius 2 is 1.58 bits per heavy atom. The number of ether oxygens (including phenoxy) is 1. The fourth-order valence-corrected chi connectivity index (χ4v) is 4.38. The fraction of sp³-hybridized carbons (Fsp3) is 0.222. The van der Waals surface area contributed by atoms with E-state index in [0.29, 0.717) is 12.3 Å². The quantitative estimate of drug-likeness (QED) is 0.227. The van der Waals surface area contributed by atoms with Crippen molar-refractivity contribution in [3.63, 3.8) is 0 Å². The van der Waals surface area contributed by atoms with Gasteiger partial charge in [0.05, 0.1) is 23.0 Å². The highest BCUT2D eigenvalue weighted by Gasteiger charge is 2.22. The van der Waals surface area contributed by atoms with E-state index >= 15 is 0 Å². The maximum atomic E-state index is 9.26. The molecule has 0 spiro atoms. The third kappa shape index (κ3) is 5.45. The predicted molar refractivity (Wildman–Crippen MR) is 135 cm³/mol. The first-order valence-corrected chi connectivity index (χ1v) is 14.8. The van der Waals surface area contributed by atoms with Crippen molar-refractivity contribution in [3.8, 4) is 40.0 Å². The van der Waals surface area contributed by atoms with Gasteiger partial charge in [-0.25, -0.2) is 4.98 Å². The molecule has 4 rings (SSSR count). The van der Waals surface area contributed by atoms with Crippen LogP contribution in [0.15, 0.2) is 79.1 Å². The number of pyridine rings is 1. The highest BCUT2D eigenvalue weighted by Crippen LogP contribution is 2.36. The van der Waals surface area contributed by atoms with Crippen LogP contribution in [0, 0.1) is 11.3 Å². The van der Waals surface area contributed by atoms with Crippen molar-refractivity contribution >= 4 is 8.07 Å². The molecular formula is C27H28N4OSi. The zero-order valence-electron chi connectivity index (χ0n) is 19.3. The summed E-state index contributed by atoms with van der Waals surface area (Å²) in [6.07, 6.45) is 3.56. The molecule has 0 amide bonds. The van der Waals surface area contributed by atoms with Crippen LogP contribution in [0.1, 0.15) is 5.56 Å². The van der Waals surface area contributed by atoms with E-state index in [1.165, 1.54) is 0 Å². The van der Waals surface area contributed by atoms with Gasteiger partial charge in [0.15, 0.2) is 0 Å². The number of hydrogen-bond donors (Lipinski definition) is 0. The number of hydrogen-bond acceptors (Lipinski definition) is 4. The summed E-state index contributed by atoms with van der Waals surface area (Å²) in [6.45, 7) is 8.19. The Hall–Kier alpha value is -3.53. The van der Waals surface area contributed by atoms with Crippen LogP contribution in [0.3, 0.4) is 0 Å². The van der Waals surface area contributed by atoms with E-state index in [-0.39, 0.29) is 0 Å². The third-order valence-electron chi connectivity index (χ3n) is 5.46. The minimum atomic E-state index is -1.20. The molecule has 5 nitrogen and oxygen atoms in total. The normalized spacial score (nSPS) is 11.3. The van der Waals surface area contributed by atoms with Crippen LogP contribution in [-0.4, -0.2) is 29.2 Å². The lowest BCUT2D eigenvalue weighted by atomic mass is 10.0. The van der Waals surface area contributed by atoms with Crippen LogP contribution in [-0.2, 0) is 11.5 Å². The number of nitrogens with zero attached hydrogens (tertiary/aromatic N) is 4. The summed E-state index contributed by atoms with van der Waals surface area (Å²) in [4.78, 5) is 9.27. The number of rotatable bonds is 8. The Morgan fingerprint density at radius 3 is 2.21 bits per heavy atom. The van der Waals surface area contributed by atoms with Crippen LogP contribution in [0.2, 0.25) is 25.7 Å². The van der Waals surface area contributed by atoms with Crippen LogP contribution >= 0.6 is 0 Å². The van der Waals surface area contributed by atoms with Crippen molar-refractivity contribution in [2.45, 2.75) is 32.4 Å². The molecule has 0 aliphatic carbocycles.